The van der Waals surface area contributed by atoms with E-state index in [1.165, 1.54) is 0 Å². The van der Waals surface area contributed by atoms with Crippen LogP contribution in [-0.2, 0) is 4.79 Å². The number of carbonyl (C=O) groups is 1. The Bertz CT molecular complexity index is 1010. The SMILES string of the molecule is COc1ccc(/C(C)=N/NC(=O)COc2ccc3ccccc3c2)c(OC)c1. The number of rotatable bonds is 7. The summed E-state index contributed by atoms with van der Waals surface area (Å²) in [6.45, 7) is 1.66. The second-order valence-electron chi connectivity index (χ2n) is 6.10. The monoisotopic (exact) mass is 378 g/mol. The Morgan fingerprint density at radius 2 is 1.68 bits per heavy atom. The van der Waals surface area contributed by atoms with Gasteiger partial charge < -0.3 is 14.2 Å². The zero-order chi connectivity index (χ0) is 19.9. The highest BCUT2D eigenvalue weighted by atomic mass is 16.5. The zero-order valence-electron chi connectivity index (χ0n) is 16.1. The Labute approximate surface area is 163 Å². The average Bonchev–Trinajstić information content (AvgIpc) is 2.75. The lowest BCUT2D eigenvalue weighted by Gasteiger charge is -2.10. The minimum atomic E-state index is -0.347. The van der Waals surface area contributed by atoms with Gasteiger partial charge in [-0.2, -0.15) is 5.10 Å². The van der Waals surface area contributed by atoms with Gasteiger partial charge in [-0.05, 0) is 42.0 Å². The molecule has 0 spiro atoms. The number of carbonyl (C=O) groups excluding carboxylic acids is 1. The van der Waals surface area contributed by atoms with Gasteiger partial charge in [0.25, 0.3) is 5.91 Å². The molecule has 0 radical (unpaired) electrons. The molecule has 0 bridgehead atoms. The molecule has 3 rings (SSSR count). The number of hydrogen-bond acceptors (Lipinski definition) is 5. The summed E-state index contributed by atoms with van der Waals surface area (Å²) in [5.74, 6) is 1.58. The maximum Gasteiger partial charge on any atom is 0.277 e. The first kappa shape index (κ1) is 19.2. The number of hydrogen-bond donors (Lipinski definition) is 1. The smallest absolute Gasteiger partial charge is 0.277 e. The van der Waals surface area contributed by atoms with Crippen LogP contribution in [0.1, 0.15) is 12.5 Å². The normalized spacial score (nSPS) is 11.2. The molecular weight excluding hydrogens is 356 g/mol. The molecule has 144 valence electrons. The number of hydrazone groups is 1. The number of fused-ring (bicyclic) bond motifs is 1. The molecule has 0 fully saturated rings. The van der Waals surface area contributed by atoms with Crippen molar-refractivity contribution in [1.82, 2.24) is 5.43 Å². The molecule has 28 heavy (non-hydrogen) atoms. The standard InChI is InChI=1S/C22H22N2O4/c1-15(20-11-10-18(26-2)13-21(20)27-3)23-24-22(25)14-28-19-9-8-16-6-4-5-7-17(16)12-19/h4-13H,14H2,1-3H3,(H,24,25)/b23-15+. The predicted molar refractivity (Wildman–Crippen MR) is 109 cm³/mol. The third-order valence-electron chi connectivity index (χ3n) is 4.24. The highest BCUT2D eigenvalue weighted by Gasteiger charge is 2.09. The number of nitrogens with one attached hydrogen (secondary N) is 1. The zero-order valence-corrected chi connectivity index (χ0v) is 16.1. The largest absolute Gasteiger partial charge is 0.497 e. The lowest BCUT2D eigenvalue weighted by molar-refractivity contribution is -0.123. The molecule has 0 saturated carbocycles. The van der Waals surface area contributed by atoms with Gasteiger partial charge in [0, 0.05) is 11.6 Å². The molecule has 6 heteroatoms. The van der Waals surface area contributed by atoms with Crippen LogP contribution in [0.15, 0.2) is 65.8 Å². The van der Waals surface area contributed by atoms with E-state index in [1.54, 1.807) is 27.2 Å². The molecule has 6 nitrogen and oxygen atoms in total. The van der Waals surface area contributed by atoms with Crippen LogP contribution in [0.3, 0.4) is 0 Å². The van der Waals surface area contributed by atoms with Crippen molar-refractivity contribution in [2.75, 3.05) is 20.8 Å². The van der Waals surface area contributed by atoms with Gasteiger partial charge in [0.1, 0.15) is 17.2 Å². The Morgan fingerprint density at radius 3 is 2.43 bits per heavy atom. The average molecular weight is 378 g/mol. The van der Waals surface area contributed by atoms with Crippen molar-refractivity contribution < 1.29 is 19.0 Å². The summed E-state index contributed by atoms with van der Waals surface area (Å²) in [7, 11) is 3.16. The van der Waals surface area contributed by atoms with Gasteiger partial charge in [-0.3, -0.25) is 4.79 Å². The highest BCUT2D eigenvalue weighted by Crippen LogP contribution is 2.25. The number of methoxy groups -OCH3 is 2. The van der Waals surface area contributed by atoms with Crippen LogP contribution in [0.25, 0.3) is 10.8 Å². The predicted octanol–water partition coefficient (Wildman–Crippen LogP) is 3.78. The first-order valence-electron chi connectivity index (χ1n) is 8.78. The summed E-state index contributed by atoms with van der Waals surface area (Å²) < 4.78 is 16.1. The Kier molecular flexibility index (Phi) is 6.11. The molecule has 3 aromatic carbocycles. The van der Waals surface area contributed by atoms with Crippen LogP contribution in [0, 0.1) is 0 Å². The molecule has 0 aromatic heterocycles. The summed E-state index contributed by atoms with van der Waals surface area (Å²) >= 11 is 0. The fraction of sp³-hybridized carbons (Fsp3) is 0.182. The van der Waals surface area contributed by atoms with Crippen LogP contribution < -0.4 is 19.6 Å². The summed E-state index contributed by atoms with van der Waals surface area (Å²) in [5, 5.41) is 6.31. The second kappa shape index (κ2) is 8.90. The maximum atomic E-state index is 12.1. The van der Waals surface area contributed by atoms with Gasteiger partial charge in [-0.25, -0.2) is 5.43 Å². The molecule has 0 heterocycles. The number of nitrogens with zero attached hydrogens (tertiary/aromatic N) is 1. The van der Waals surface area contributed by atoms with Gasteiger partial charge in [0.2, 0.25) is 0 Å². The minimum Gasteiger partial charge on any atom is -0.497 e. The number of benzene rings is 3. The summed E-state index contributed by atoms with van der Waals surface area (Å²) in [5.41, 5.74) is 3.88. The van der Waals surface area contributed by atoms with E-state index in [-0.39, 0.29) is 12.5 Å². The molecule has 1 N–H and O–H groups in total. The van der Waals surface area contributed by atoms with E-state index in [1.807, 2.05) is 54.6 Å². The molecule has 0 atom stereocenters. The van der Waals surface area contributed by atoms with E-state index in [2.05, 4.69) is 10.5 Å². The Morgan fingerprint density at radius 1 is 0.929 bits per heavy atom. The second-order valence-corrected chi connectivity index (χ2v) is 6.10. The van der Waals surface area contributed by atoms with Crippen molar-refractivity contribution in [2.45, 2.75) is 6.92 Å². The van der Waals surface area contributed by atoms with Crippen molar-refractivity contribution in [3.05, 3.63) is 66.2 Å². The third kappa shape index (κ3) is 4.59. The number of ether oxygens (including phenoxy) is 3. The first-order chi connectivity index (χ1) is 13.6. The molecule has 0 aliphatic rings. The van der Waals surface area contributed by atoms with Crippen molar-refractivity contribution in [2.24, 2.45) is 5.10 Å². The molecular formula is C22H22N2O4. The molecule has 0 aliphatic carbocycles. The van der Waals surface area contributed by atoms with Gasteiger partial charge in [0.15, 0.2) is 6.61 Å². The van der Waals surface area contributed by atoms with Gasteiger partial charge in [-0.1, -0.05) is 30.3 Å². The topological polar surface area (TPSA) is 69.2 Å². The molecule has 0 saturated heterocycles. The van der Waals surface area contributed by atoms with Gasteiger partial charge in [0.05, 0.1) is 19.9 Å². The van der Waals surface area contributed by atoms with Crippen molar-refractivity contribution in [3.8, 4) is 17.2 Å². The van der Waals surface area contributed by atoms with E-state index in [0.717, 1.165) is 16.3 Å². The van der Waals surface area contributed by atoms with Crippen LogP contribution in [0.5, 0.6) is 17.2 Å². The van der Waals surface area contributed by atoms with Crippen molar-refractivity contribution >= 4 is 22.4 Å². The van der Waals surface area contributed by atoms with E-state index < -0.39 is 0 Å². The number of amides is 1. The lowest BCUT2D eigenvalue weighted by atomic mass is 10.1. The van der Waals surface area contributed by atoms with E-state index in [4.69, 9.17) is 14.2 Å². The van der Waals surface area contributed by atoms with Crippen molar-refractivity contribution in [3.63, 3.8) is 0 Å². The fourth-order valence-corrected chi connectivity index (χ4v) is 2.74. The van der Waals surface area contributed by atoms with E-state index in [0.29, 0.717) is 23.0 Å². The molecule has 3 aromatic rings. The van der Waals surface area contributed by atoms with Crippen LogP contribution >= 0.6 is 0 Å². The third-order valence-corrected chi connectivity index (χ3v) is 4.24. The van der Waals surface area contributed by atoms with Crippen LogP contribution in [0.2, 0.25) is 0 Å². The Balaban J connectivity index is 1.61. The highest BCUT2D eigenvalue weighted by molar-refractivity contribution is 6.01. The van der Waals surface area contributed by atoms with Gasteiger partial charge >= 0.3 is 0 Å². The molecule has 0 aliphatic heterocycles. The fourth-order valence-electron chi connectivity index (χ4n) is 2.74. The van der Waals surface area contributed by atoms with Gasteiger partial charge in [-0.15, -0.1) is 0 Å². The first-order valence-corrected chi connectivity index (χ1v) is 8.78. The van der Waals surface area contributed by atoms with E-state index in [9.17, 15) is 4.79 Å². The summed E-state index contributed by atoms with van der Waals surface area (Å²) in [4.78, 5) is 12.1. The molecule has 0 unspecified atom stereocenters. The lowest BCUT2D eigenvalue weighted by Crippen LogP contribution is -2.25. The van der Waals surface area contributed by atoms with Crippen LogP contribution in [-0.4, -0.2) is 32.4 Å². The van der Waals surface area contributed by atoms with Crippen molar-refractivity contribution in [1.29, 1.82) is 0 Å². The molecule has 1 amide bonds. The van der Waals surface area contributed by atoms with E-state index >= 15 is 0 Å². The quantitative estimate of drug-likeness (QED) is 0.502. The van der Waals surface area contributed by atoms with Crippen LogP contribution in [0.4, 0.5) is 0 Å². The Hall–Kier alpha value is -3.54. The minimum absolute atomic E-state index is 0.130. The summed E-state index contributed by atoms with van der Waals surface area (Å²) in [6, 6.07) is 19.1. The maximum absolute atomic E-state index is 12.1. The summed E-state index contributed by atoms with van der Waals surface area (Å²) in [6.07, 6.45) is 0.